The van der Waals surface area contributed by atoms with Gasteiger partial charge < -0.3 is 5.11 Å². The second kappa shape index (κ2) is 6.37. The highest BCUT2D eigenvalue weighted by Gasteiger charge is 2.34. The van der Waals surface area contributed by atoms with Crippen molar-refractivity contribution in [3.63, 3.8) is 0 Å². The SMILES string of the molecule is Cc1ccc(S(=O)(=O)N(c2ccccc2F)C(C)C(=O)O)cc1. The fourth-order valence-corrected chi connectivity index (χ4v) is 3.72. The van der Waals surface area contributed by atoms with Crippen molar-refractivity contribution in [1.82, 2.24) is 0 Å². The van der Waals surface area contributed by atoms with Gasteiger partial charge in [-0.15, -0.1) is 0 Å². The maximum atomic E-state index is 14.1. The van der Waals surface area contributed by atoms with E-state index in [0.717, 1.165) is 11.6 Å². The summed E-state index contributed by atoms with van der Waals surface area (Å²) >= 11 is 0. The predicted octanol–water partition coefficient (Wildman–Crippen LogP) is 2.80. The molecule has 2 aromatic carbocycles. The van der Waals surface area contributed by atoms with E-state index in [1.54, 1.807) is 19.1 Å². The molecule has 0 aliphatic carbocycles. The highest BCUT2D eigenvalue weighted by molar-refractivity contribution is 7.92. The minimum atomic E-state index is -4.23. The number of carboxylic acid groups (broad SMARTS) is 1. The van der Waals surface area contributed by atoms with Crippen LogP contribution in [-0.2, 0) is 14.8 Å². The van der Waals surface area contributed by atoms with Crippen molar-refractivity contribution < 1.29 is 22.7 Å². The Morgan fingerprint density at radius 1 is 1.13 bits per heavy atom. The van der Waals surface area contributed by atoms with Gasteiger partial charge in [-0.05, 0) is 38.1 Å². The number of nitrogens with zero attached hydrogens (tertiary/aromatic N) is 1. The van der Waals surface area contributed by atoms with E-state index in [1.807, 2.05) is 0 Å². The average Bonchev–Trinajstić information content (AvgIpc) is 2.49. The first kappa shape index (κ1) is 17.0. The van der Waals surface area contributed by atoms with Crippen molar-refractivity contribution in [1.29, 1.82) is 0 Å². The summed E-state index contributed by atoms with van der Waals surface area (Å²) in [6.07, 6.45) is 0. The molecule has 0 aromatic heterocycles. The number of benzene rings is 2. The van der Waals surface area contributed by atoms with Crippen molar-refractivity contribution in [2.45, 2.75) is 24.8 Å². The summed E-state index contributed by atoms with van der Waals surface area (Å²) < 4.78 is 40.3. The van der Waals surface area contributed by atoms with Crippen LogP contribution < -0.4 is 4.31 Å². The monoisotopic (exact) mass is 337 g/mol. The maximum absolute atomic E-state index is 14.1. The molecule has 23 heavy (non-hydrogen) atoms. The van der Waals surface area contributed by atoms with Crippen molar-refractivity contribution in [3.05, 3.63) is 59.9 Å². The van der Waals surface area contributed by atoms with Gasteiger partial charge in [0.05, 0.1) is 10.6 Å². The first-order chi connectivity index (χ1) is 10.7. The van der Waals surface area contributed by atoms with Crippen LogP contribution in [0.2, 0.25) is 0 Å². The first-order valence-corrected chi connectivity index (χ1v) is 8.27. The van der Waals surface area contributed by atoms with Crippen LogP contribution >= 0.6 is 0 Å². The minimum Gasteiger partial charge on any atom is -0.480 e. The molecule has 0 heterocycles. The fraction of sp³-hybridized carbons (Fsp3) is 0.188. The van der Waals surface area contributed by atoms with Gasteiger partial charge in [-0.3, -0.25) is 0 Å². The Balaban J connectivity index is 2.64. The Bertz CT molecular complexity index is 818. The zero-order valence-corrected chi connectivity index (χ0v) is 13.4. The summed E-state index contributed by atoms with van der Waals surface area (Å²) in [7, 11) is -4.23. The minimum absolute atomic E-state index is 0.0977. The molecule has 0 fully saturated rings. The average molecular weight is 337 g/mol. The molecule has 0 spiro atoms. The number of carbonyl (C=O) groups is 1. The van der Waals surface area contributed by atoms with Gasteiger partial charge in [0.25, 0.3) is 10.0 Å². The summed E-state index contributed by atoms with van der Waals surface area (Å²) in [4.78, 5) is 11.2. The van der Waals surface area contributed by atoms with E-state index in [9.17, 15) is 22.7 Å². The molecule has 0 saturated heterocycles. The number of hydrogen-bond acceptors (Lipinski definition) is 3. The molecule has 0 bridgehead atoms. The normalized spacial score (nSPS) is 12.7. The highest BCUT2D eigenvalue weighted by atomic mass is 32.2. The third-order valence-corrected chi connectivity index (χ3v) is 5.28. The molecule has 0 aliphatic rings. The number of carboxylic acids is 1. The topological polar surface area (TPSA) is 74.7 Å². The van der Waals surface area contributed by atoms with E-state index >= 15 is 0 Å². The lowest BCUT2D eigenvalue weighted by molar-refractivity contribution is -0.137. The Morgan fingerprint density at radius 2 is 1.70 bits per heavy atom. The lowest BCUT2D eigenvalue weighted by atomic mass is 10.2. The first-order valence-electron chi connectivity index (χ1n) is 6.83. The molecule has 7 heteroatoms. The van der Waals surface area contributed by atoms with E-state index in [-0.39, 0.29) is 10.6 Å². The molecular weight excluding hydrogens is 321 g/mol. The number of aryl methyl sites for hydroxylation is 1. The summed E-state index contributed by atoms with van der Waals surface area (Å²) in [5.41, 5.74) is 0.552. The quantitative estimate of drug-likeness (QED) is 0.910. The fourth-order valence-electron chi connectivity index (χ4n) is 2.10. The van der Waals surface area contributed by atoms with Crippen LogP contribution in [0.25, 0.3) is 0 Å². The van der Waals surface area contributed by atoms with Crippen molar-refractivity contribution in [2.24, 2.45) is 0 Å². The highest BCUT2D eigenvalue weighted by Crippen LogP contribution is 2.28. The van der Waals surface area contributed by atoms with Gasteiger partial charge >= 0.3 is 5.97 Å². The smallest absolute Gasteiger partial charge is 0.327 e. The summed E-state index contributed by atoms with van der Waals surface area (Å²) in [6, 6.07) is 9.64. The van der Waals surface area contributed by atoms with Crippen LogP contribution in [-0.4, -0.2) is 25.5 Å². The molecule has 0 amide bonds. The largest absolute Gasteiger partial charge is 0.480 e. The zero-order valence-electron chi connectivity index (χ0n) is 12.6. The van der Waals surface area contributed by atoms with E-state index in [2.05, 4.69) is 0 Å². The molecule has 0 saturated carbocycles. The standard InChI is InChI=1S/C16H16FNO4S/c1-11-7-9-13(10-8-11)23(21,22)18(12(2)16(19)20)15-6-4-3-5-14(15)17/h3-10,12H,1-2H3,(H,19,20). The molecule has 1 atom stereocenters. The van der Waals surface area contributed by atoms with Crippen LogP contribution in [0.5, 0.6) is 0 Å². The van der Waals surface area contributed by atoms with Gasteiger partial charge in [0.15, 0.2) is 0 Å². The van der Waals surface area contributed by atoms with Crippen molar-refractivity contribution in [2.75, 3.05) is 4.31 Å². The van der Waals surface area contributed by atoms with Crippen LogP contribution in [0.4, 0.5) is 10.1 Å². The second-order valence-electron chi connectivity index (χ2n) is 5.08. The molecule has 1 unspecified atom stereocenters. The van der Waals surface area contributed by atoms with E-state index in [1.165, 1.54) is 37.3 Å². The van der Waals surface area contributed by atoms with Gasteiger partial charge in [-0.1, -0.05) is 29.8 Å². The molecule has 122 valence electrons. The number of para-hydroxylation sites is 1. The molecule has 0 radical (unpaired) electrons. The number of halogens is 1. The number of hydrogen-bond donors (Lipinski definition) is 1. The maximum Gasteiger partial charge on any atom is 0.327 e. The number of aliphatic carboxylic acids is 1. The summed E-state index contributed by atoms with van der Waals surface area (Å²) in [5.74, 6) is -2.18. The predicted molar refractivity (Wildman–Crippen MR) is 84.3 cm³/mol. The van der Waals surface area contributed by atoms with Crippen molar-refractivity contribution >= 4 is 21.7 Å². The molecule has 2 rings (SSSR count). The van der Waals surface area contributed by atoms with E-state index in [4.69, 9.17) is 0 Å². The lowest BCUT2D eigenvalue weighted by Gasteiger charge is -2.28. The number of anilines is 1. The number of rotatable bonds is 5. The molecular formula is C16H16FNO4S. The van der Waals surface area contributed by atoms with Gasteiger partial charge in [0.2, 0.25) is 0 Å². The third kappa shape index (κ3) is 3.34. The third-order valence-electron chi connectivity index (χ3n) is 3.38. The Kier molecular flexibility index (Phi) is 4.70. The van der Waals surface area contributed by atoms with Gasteiger partial charge in [-0.25, -0.2) is 21.9 Å². The summed E-state index contributed by atoms with van der Waals surface area (Å²) in [5, 5.41) is 9.23. The van der Waals surface area contributed by atoms with Crippen LogP contribution in [0, 0.1) is 12.7 Å². The zero-order chi connectivity index (χ0) is 17.2. The summed E-state index contributed by atoms with van der Waals surface area (Å²) in [6.45, 7) is 2.99. The molecule has 5 nitrogen and oxygen atoms in total. The second-order valence-corrected chi connectivity index (χ2v) is 6.89. The van der Waals surface area contributed by atoms with E-state index in [0.29, 0.717) is 4.31 Å². The lowest BCUT2D eigenvalue weighted by Crippen LogP contribution is -2.43. The Labute approximate surface area is 134 Å². The molecule has 0 aliphatic heterocycles. The molecule has 1 N–H and O–H groups in total. The van der Waals surface area contributed by atoms with Gasteiger partial charge in [-0.2, -0.15) is 0 Å². The molecule has 2 aromatic rings. The van der Waals surface area contributed by atoms with Crippen molar-refractivity contribution in [3.8, 4) is 0 Å². The van der Waals surface area contributed by atoms with E-state index < -0.39 is 27.9 Å². The number of sulfonamides is 1. The van der Waals surface area contributed by atoms with Crippen LogP contribution in [0.3, 0.4) is 0 Å². The Hall–Kier alpha value is -2.41. The van der Waals surface area contributed by atoms with Crippen LogP contribution in [0.1, 0.15) is 12.5 Å². The van der Waals surface area contributed by atoms with Crippen LogP contribution in [0.15, 0.2) is 53.4 Å². The van der Waals surface area contributed by atoms with Gasteiger partial charge in [0, 0.05) is 0 Å². The Morgan fingerprint density at radius 3 is 2.22 bits per heavy atom. The van der Waals surface area contributed by atoms with Gasteiger partial charge in [0.1, 0.15) is 11.9 Å².